The average molecular weight is 210 g/mol. The first-order chi connectivity index (χ1) is 7.27. The molecule has 1 saturated heterocycles. The van der Waals surface area contributed by atoms with Gasteiger partial charge in [-0.05, 0) is 38.6 Å². The minimum Gasteiger partial charge on any atom is -0.315 e. The lowest BCUT2D eigenvalue weighted by atomic mass is 9.85. The monoisotopic (exact) mass is 210 g/mol. The summed E-state index contributed by atoms with van der Waals surface area (Å²) in [6.07, 6.45) is 7.10. The van der Waals surface area contributed by atoms with Crippen molar-refractivity contribution in [3.63, 3.8) is 0 Å². The van der Waals surface area contributed by atoms with Gasteiger partial charge in [0.1, 0.15) is 0 Å². The molecule has 3 unspecified atom stereocenters. The lowest BCUT2D eigenvalue weighted by Crippen LogP contribution is -2.44. The topological polar surface area (TPSA) is 15.3 Å². The van der Waals surface area contributed by atoms with Crippen LogP contribution in [0.25, 0.3) is 0 Å². The summed E-state index contributed by atoms with van der Waals surface area (Å²) in [5.74, 6) is 0.951. The van der Waals surface area contributed by atoms with E-state index < -0.39 is 0 Å². The van der Waals surface area contributed by atoms with Gasteiger partial charge in [-0.15, -0.1) is 0 Å². The smallest absolute Gasteiger partial charge is 0.0113 e. The second kappa shape index (κ2) is 5.31. The Labute approximate surface area is 94.4 Å². The summed E-state index contributed by atoms with van der Waals surface area (Å²) in [4.78, 5) is 2.77. The van der Waals surface area contributed by atoms with Gasteiger partial charge in [-0.3, -0.25) is 4.90 Å². The molecule has 2 rings (SSSR count). The summed E-state index contributed by atoms with van der Waals surface area (Å²) in [5, 5.41) is 3.52. The first-order valence-corrected chi connectivity index (χ1v) is 6.74. The van der Waals surface area contributed by atoms with Crippen molar-refractivity contribution >= 4 is 0 Å². The van der Waals surface area contributed by atoms with E-state index in [2.05, 4.69) is 24.1 Å². The summed E-state index contributed by atoms with van der Waals surface area (Å²) >= 11 is 0. The highest BCUT2D eigenvalue weighted by atomic mass is 15.2. The number of nitrogens with one attached hydrogen (secondary N) is 1. The third kappa shape index (κ3) is 2.94. The van der Waals surface area contributed by atoms with Gasteiger partial charge >= 0.3 is 0 Å². The fraction of sp³-hybridized carbons (Fsp3) is 1.00. The molecule has 15 heavy (non-hydrogen) atoms. The van der Waals surface area contributed by atoms with Crippen LogP contribution in [0, 0.1) is 5.92 Å². The Morgan fingerprint density at radius 3 is 2.73 bits per heavy atom. The Bertz CT molecular complexity index is 193. The molecule has 0 amide bonds. The molecule has 0 aromatic heterocycles. The lowest BCUT2D eigenvalue weighted by Gasteiger charge is -2.39. The van der Waals surface area contributed by atoms with Crippen LogP contribution in [0.2, 0.25) is 0 Å². The molecule has 88 valence electrons. The standard InChI is InChI=1S/C13H26N2/c1-11-4-3-5-13(10-11)15-9-8-14-7-6-12(15)2/h11-14H,3-10H2,1-2H3. The van der Waals surface area contributed by atoms with E-state index in [9.17, 15) is 0 Å². The maximum Gasteiger partial charge on any atom is 0.0113 e. The van der Waals surface area contributed by atoms with Crippen molar-refractivity contribution in [3.8, 4) is 0 Å². The van der Waals surface area contributed by atoms with Crippen LogP contribution in [-0.2, 0) is 0 Å². The van der Waals surface area contributed by atoms with E-state index in [0.717, 1.165) is 18.0 Å². The molecule has 1 aliphatic carbocycles. The van der Waals surface area contributed by atoms with Crippen LogP contribution in [0.3, 0.4) is 0 Å². The summed E-state index contributed by atoms with van der Waals surface area (Å²) < 4.78 is 0. The SMILES string of the molecule is CC1CCCC(N2CCNCCC2C)C1. The van der Waals surface area contributed by atoms with E-state index in [1.54, 1.807) is 0 Å². The molecule has 0 aromatic rings. The van der Waals surface area contributed by atoms with Crippen LogP contribution in [-0.4, -0.2) is 36.6 Å². The van der Waals surface area contributed by atoms with E-state index in [1.165, 1.54) is 51.7 Å². The van der Waals surface area contributed by atoms with Gasteiger partial charge in [0, 0.05) is 25.2 Å². The van der Waals surface area contributed by atoms with Crippen LogP contribution in [0.15, 0.2) is 0 Å². The van der Waals surface area contributed by atoms with Gasteiger partial charge in [-0.2, -0.15) is 0 Å². The number of rotatable bonds is 1. The number of nitrogens with zero attached hydrogens (tertiary/aromatic N) is 1. The lowest BCUT2D eigenvalue weighted by molar-refractivity contribution is 0.103. The quantitative estimate of drug-likeness (QED) is 0.714. The van der Waals surface area contributed by atoms with Gasteiger partial charge in [-0.1, -0.05) is 19.8 Å². The van der Waals surface area contributed by atoms with Crippen molar-refractivity contribution in [2.45, 2.75) is 58.0 Å². The van der Waals surface area contributed by atoms with Crippen molar-refractivity contribution in [2.24, 2.45) is 5.92 Å². The highest BCUT2D eigenvalue weighted by molar-refractivity contribution is 4.84. The van der Waals surface area contributed by atoms with Gasteiger partial charge in [-0.25, -0.2) is 0 Å². The molecule has 1 saturated carbocycles. The van der Waals surface area contributed by atoms with Crippen molar-refractivity contribution in [1.29, 1.82) is 0 Å². The Kier molecular flexibility index (Phi) is 4.04. The van der Waals surface area contributed by atoms with Gasteiger partial charge < -0.3 is 5.32 Å². The first-order valence-electron chi connectivity index (χ1n) is 6.74. The molecular formula is C13H26N2. The van der Waals surface area contributed by atoms with E-state index in [-0.39, 0.29) is 0 Å². The van der Waals surface area contributed by atoms with Crippen molar-refractivity contribution in [2.75, 3.05) is 19.6 Å². The van der Waals surface area contributed by atoms with Gasteiger partial charge in [0.05, 0.1) is 0 Å². The van der Waals surface area contributed by atoms with Crippen LogP contribution in [0.4, 0.5) is 0 Å². The number of hydrogen-bond donors (Lipinski definition) is 1. The molecule has 1 N–H and O–H groups in total. The summed E-state index contributed by atoms with van der Waals surface area (Å²) in [7, 11) is 0. The predicted octanol–water partition coefficient (Wildman–Crippen LogP) is 2.25. The second-order valence-corrected chi connectivity index (χ2v) is 5.55. The third-order valence-corrected chi connectivity index (χ3v) is 4.23. The molecule has 1 aliphatic heterocycles. The molecule has 2 heteroatoms. The molecule has 0 bridgehead atoms. The minimum atomic E-state index is 0.787. The Hall–Kier alpha value is -0.0800. The van der Waals surface area contributed by atoms with Crippen LogP contribution in [0.1, 0.15) is 46.0 Å². The van der Waals surface area contributed by atoms with E-state index in [1.807, 2.05) is 0 Å². The molecule has 0 aromatic carbocycles. The maximum atomic E-state index is 3.52. The zero-order chi connectivity index (χ0) is 10.7. The zero-order valence-corrected chi connectivity index (χ0v) is 10.3. The molecule has 2 fully saturated rings. The van der Waals surface area contributed by atoms with E-state index >= 15 is 0 Å². The zero-order valence-electron chi connectivity index (χ0n) is 10.3. The van der Waals surface area contributed by atoms with Crippen molar-refractivity contribution in [1.82, 2.24) is 10.2 Å². The summed E-state index contributed by atoms with van der Waals surface area (Å²) in [6, 6.07) is 1.67. The third-order valence-electron chi connectivity index (χ3n) is 4.23. The van der Waals surface area contributed by atoms with E-state index in [0.29, 0.717) is 0 Å². The van der Waals surface area contributed by atoms with Crippen LogP contribution >= 0.6 is 0 Å². The highest BCUT2D eigenvalue weighted by Crippen LogP contribution is 2.29. The van der Waals surface area contributed by atoms with Gasteiger partial charge in [0.15, 0.2) is 0 Å². The number of hydrogen-bond acceptors (Lipinski definition) is 2. The summed E-state index contributed by atoms with van der Waals surface area (Å²) in [5.41, 5.74) is 0. The largest absolute Gasteiger partial charge is 0.315 e. The highest BCUT2D eigenvalue weighted by Gasteiger charge is 2.28. The second-order valence-electron chi connectivity index (χ2n) is 5.55. The normalized spacial score (nSPS) is 40.0. The summed E-state index contributed by atoms with van der Waals surface area (Å²) in [6.45, 7) is 8.49. The predicted molar refractivity (Wildman–Crippen MR) is 65.1 cm³/mol. The van der Waals surface area contributed by atoms with Gasteiger partial charge in [0.25, 0.3) is 0 Å². The molecular weight excluding hydrogens is 184 g/mol. The molecule has 1 heterocycles. The molecule has 2 aliphatic rings. The Morgan fingerprint density at radius 1 is 1.07 bits per heavy atom. The molecule has 3 atom stereocenters. The molecule has 0 spiro atoms. The fourth-order valence-electron chi connectivity index (χ4n) is 3.28. The fourth-order valence-corrected chi connectivity index (χ4v) is 3.28. The average Bonchev–Trinajstić information content (AvgIpc) is 2.43. The van der Waals surface area contributed by atoms with Crippen LogP contribution < -0.4 is 5.32 Å². The van der Waals surface area contributed by atoms with Crippen LogP contribution in [0.5, 0.6) is 0 Å². The Morgan fingerprint density at radius 2 is 1.93 bits per heavy atom. The van der Waals surface area contributed by atoms with Crippen molar-refractivity contribution in [3.05, 3.63) is 0 Å². The van der Waals surface area contributed by atoms with Crippen molar-refractivity contribution < 1.29 is 0 Å². The molecule has 0 radical (unpaired) electrons. The minimum absolute atomic E-state index is 0.787. The van der Waals surface area contributed by atoms with Gasteiger partial charge in [0.2, 0.25) is 0 Å². The maximum absolute atomic E-state index is 3.52. The Balaban J connectivity index is 1.94. The molecule has 2 nitrogen and oxygen atoms in total. The van der Waals surface area contributed by atoms with E-state index in [4.69, 9.17) is 0 Å². The first kappa shape index (κ1) is 11.4.